The number of nitrogens with one attached hydrogen (secondary N) is 1. The number of aromatic nitrogens is 2. The van der Waals surface area contributed by atoms with Crippen molar-refractivity contribution in [3.8, 4) is 0 Å². The minimum Gasteiger partial charge on any atom is -0.748 e. The number of rotatable bonds is 3. The summed E-state index contributed by atoms with van der Waals surface area (Å²) < 4.78 is 31.8. The third-order valence-electron chi connectivity index (χ3n) is 1.48. The second-order valence-electron chi connectivity index (χ2n) is 2.69. The van der Waals surface area contributed by atoms with E-state index in [4.69, 9.17) is 0 Å². The van der Waals surface area contributed by atoms with Gasteiger partial charge in [0.2, 0.25) is 0 Å². The van der Waals surface area contributed by atoms with Crippen molar-refractivity contribution in [2.75, 3.05) is 5.75 Å². The Balaban J connectivity index is 0.00000169. The first-order chi connectivity index (χ1) is 5.88. The number of nitrogens with zero attached hydrogens (tertiary/aromatic N) is 1. The zero-order chi connectivity index (χ0) is 10.1. The van der Waals surface area contributed by atoms with Crippen LogP contribution in [0.2, 0.25) is 0 Å². The molecule has 14 heavy (non-hydrogen) atoms. The van der Waals surface area contributed by atoms with Crippen molar-refractivity contribution in [3.05, 3.63) is 22.1 Å². The molecule has 74 valence electrons. The standard InChI is InChI=1S/C6H10N2O4S.Na/c1-5-4-6(9)8(7-5)2-3-13(10,11)12;/h4,7H,2-3H2,1H3,(H,10,11,12);/q;+1/p-1. The van der Waals surface area contributed by atoms with Crippen LogP contribution in [0.25, 0.3) is 0 Å². The second kappa shape index (κ2) is 5.13. The molecule has 0 saturated carbocycles. The molecule has 1 aromatic heterocycles. The molecule has 1 rings (SSSR count). The van der Waals surface area contributed by atoms with Gasteiger partial charge in [-0.05, 0) is 6.92 Å². The molecular formula is C6H9N2NaO4S. The van der Waals surface area contributed by atoms with E-state index in [2.05, 4.69) is 5.10 Å². The maximum absolute atomic E-state index is 11.0. The molecule has 0 atom stereocenters. The van der Waals surface area contributed by atoms with Gasteiger partial charge in [-0.25, -0.2) is 8.42 Å². The fourth-order valence-electron chi connectivity index (χ4n) is 0.933. The van der Waals surface area contributed by atoms with E-state index in [1.165, 1.54) is 6.07 Å². The minimum atomic E-state index is -4.26. The van der Waals surface area contributed by atoms with Gasteiger partial charge in [0.05, 0.1) is 22.4 Å². The van der Waals surface area contributed by atoms with Crippen molar-refractivity contribution < 1.29 is 42.5 Å². The fourth-order valence-corrected chi connectivity index (χ4v) is 1.34. The molecule has 8 heteroatoms. The van der Waals surface area contributed by atoms with E-state index in [-0.39, 0.29) is 41.7 Å². The van der Waals surface area contributed by atoms with Gasteiger partial charge < -0.3 is 4.55 Å². The molecule has 6 nitrogen and oxygen atoms in total. The number of H-pyrrole nitrogens is 1. The van der Waals surface area contributed by atoms with Gasteiger partial charge in [0.1, 0.15) is 0 Å². The van der Waals surface area contributed by atoms with Crippen LogP contribution in [-0.4, -0.2) is 28.5 Å². The molecule has 0 aromatic carbocycles. The Morgan fingerprint density at radius 3 is 2.50 bits per heavy atom. The van der Waals surface area contributed by atoms with E-state index >= 15 is 0 Å². The van der Waals surface area contributed by atoms with Gasteiger partial charge in [-0.1, -0.05) is 0 Å². The first-order valence-electron chi connectivity index (χ1n) is 3.58. The van der Waals surface area contributed by atoms with Crippen LogP contribution >= 0.6 is 0 Å². The van der Waals surface area contributed by atoms with Crippen molar-refractivity contribution in [1.29, 1.82) is 0 Å². The van der Waals surface area contributed by atoms with Crippen LogP contribution in [-0.2, 0) is 16.7 Å². The van der Waals surface area contributed by atoms with Gasteiger partial charge in [0.25, 0.3) is 5.56 Å². The Kier molecular flexibility index (Phi) is 5.10. The van der Waals surface area contributed by atoms with Gasteiger partial charge in [-0.15, -0.1) is 0 Å². The Morgan fingerprint density at radius 1 is 1.57 bits per heavy atom. The average molecular weight is 228 g/mol. The zero-order valence-corrected chi connectivity index (χ0v) is 10.8. The van der Waals surface area contributed by atoms with Gasteiger partial charge in [0.15, 0.2) is 0 Å². The molecule has 0 bridgehead atoms. The molecule has 0 radical (unpaired) electrons. The smallest absolute Gasteiger partial charge is 0.748 e. The summed E-state index contributed by atoms with van der Waals surface area (Å²) in [6.45, 7) is 1.54. The predicted molar refractivity (Wildman–Crippen MR) is 44.4 cm³/mol. The van der Waals surface area contributed by atoms with Crippen LogP contribution in [0.15, 0.2) is 10.9 Å². The van der Waals surface area contributed by atoms with E-state index in [9.17, 15) is 17.8 Å². The van der Waals surface area contributed by atoms with Crippen LogP contribution in [0, 0.1) is 6.92 Å². The van der Waals surface area contributed by atoms with E-state index in [1.54, 1.807) is 6.92 Å². The summed E-state index contributed by atoms with van der Waals surface area (Å²) in [7, 11) is -4.26. The number of hydrogen-bond acceptors (Lipinski definition) is 4. The first-order valence-corrected chi connectivity index (χ1v) is 5.16. The third kappa shape index (κ3) is 4.43. The van der Waals surface area contributed by atoms with E-state index in [0.717, 1.165) is 4.68 Å². The van der Waals surface area contributed by atoms with Crippen molar-refractivity contribution in [2.24, 2.45) is 0 Å². The normalized spacial score (nSPS) is 11.0. The molecule has 0 saturated heterocycles. The maximum atomic E-state index is 11.0. The van der Waals surface area contributed by atoms with Crippen LogP contribution < -0.4 is 35.1 Å². The Hall–Kier alpha value is -0.0800. The van der Waals surface area contributed by atoms with E-state index in [0.29, 0.717) is 5.69 Å². The SMILES string of the molecule is Cc1cc(=O)n(CCS(=O)(=O)[O-])[nH]1.[Na+]. The Labute approximate surface area is 103 Å². The van der Waals surface area contributed by atoms with Crippen molar-refractivity contribution in [1.82, 2.24) is 9.78 Å². The molecular weight excluding hydrogens is 219 g/mol. The molecule has 1 aromatic rings. The summed E-state index contributed by atoms with van der Waals surface area (Å²) in [6, 6.07) is 1.33. The number of aryl methyl sites for hydroxylation is 2. The Bertz CT molecular complexity index is 447. The maximum Gasteiger partial charge on any atom is 1.00 e. The molecule has 0 amide bonds. The van der Waals surface area contributed by atoms with Crippen LogP contribution in [0.4, 0.5) is 0 Å². The monoisotopic (exact) mass is 228 g/mol. The van der Waals surface area contributed by atoms with Gasteiger partial charge in [0, 0.05) is 11.8 Å². The molecule has 0 aliphatic rings. The molecule has 0 fully saturated rings. The molecule has 0 unspecified atom stereocenters. The zero-order valence-electron chi connectivity index (χ0n) is 7.98. The predicted octanol–water partition coefficient (Wildman–Crippen LogP) is -3.97. The summed E-state index contributed by atoms with van der Waals surface area (Å²) in [5, 5.41) is 2.62. The summed E-state index contributed by atoms with van der Waals surface area (Å²) in [6.07, 6.45) is 0. The van der Waals surface area contributed by atoms with Gasteiger partial charge in [-0.2, -0.15) is 0 Å². The fraction of sp³-hybridized carbons (Fsp3) is 0.500. The Morgan fingerprint density at radius 2 is 2.14 bits per heavy atom. The van der Waals surface area contributed by atoms with Crippen LogP contribution in [0.5, 0.6) is 0 Å². The number of hydrogen-bond donors (Lipinski definition) is 1. The topological polar surface area (TPSA) is 95.0 Å². The summed E-state index contributed by atoms with van der Waals surface area (Å²) >= 11 is 0. The van der Waals surface area contributed by atoms with Gasteiger partial charge in [-0.3, -0.25) is 14.6 Å². The summed E-state index contributed by atoms with van der Waals surface area (Å²) in [5.74, 6) is -0.577. The summed E-state index contributed by atoms with van der Waals surface area (Å²) in [4.78, 5) is 11.0. The van der Waals surface area contributed by atoms with Crippen LogP contribution in [0.3, 0.4) is 0 Å². The van der Waals surface area contributed by atoms with Crippen molar-refractivity contribution in [3.63, 3.8) is 0 Å². The second-order valence-corrected chi connectivity index (χ2v) is 4.21. The average Bonchev–Trinajstić information content (AvgIpc) is 2.24. The molecule has 0 spiro atoms. The summed E-state index contributed by atoms with van der Waals surface area (Å²) in [5.41, 5.74) is 0.300. The van der Waals surface area contributed by atoms with Gasteiger partial charge >= 0.3 is 29.6 Å². The van der Waals surface area contributed by atoms with Crippen molar-refractivity contribution >= 4 is 10.1 Å². The molecule has 0 aliphatic heterocycles. The molecule has 1 N–H and O–H groups in total. The quantitative estimate of drug-likeness (QED) is 0.422. The third-order valence-corrected chi connectivity index (χ3v) is 2.16. The largest absolute Gasteiger partial charge is 1.00 e. The van der Waals surface area contributed by atoms with E-state index < -0.39 is 15.9 Å². The minimum absolute atomic E-state index is 0. The first kappa shape index (κ1) is 13.9. The number of aromatic amines is 1. The van der Waals surface area contributed by atoms with Crippen molar-refractivity contribution in [2.45, 2.75) is 13.5 Å². The molecule has 0 aliphatic carbocycles. The van der Waals surface area contributed by atoms with Crippen LogP contribution in [0.1, 0.15) is 5.69 Å². The molecule has 1 heterocycles. The van der Waals surface area contributed by atoms with E-state index in [1.807, 2.05) is 0 Å².